The van der Waals surface area contributed by atoms with Crippen LogP contribution in [0.4, 0.5) is 0 Å². The number of hydrogen-bond donors (Lipinski definition) is 1. The number of likely N-dealkylation sites (tertiary alicyclic amines) is 1. The maximum absolute atomic E-state index is 9.33. The highest BCUT2D eigenvalue weighted by Gasteiger charge is 2.16. The molecule has 0 radical (unpaired) electrons. The predicted molar refractivity (Wildman–Crippen MR) is 91.5 cm³/mol. The van der Waals surface area contributed by atoms with Gasteiger partial charge in [0.15, 0.2) is 11.5 Å². The first kappa shape index (κ1) is 16.1. The van der Waals surface area contributed by atoms with Crippen LogP contribution in [-0.4, -0.2) is 55.0 Å². The van der Waals surface area contributed by atoms with E-state index in [9.17, 15) is 5.11 Å². The summed E-state index contributed by atoms with van der Waals surface area (Å²) in [6.45, 7) is 4.24. The van der Waals surface area contributed by atoms with E-state index in [-0.39, 0.29) is 6.61 Å². The van der Waals surface area contributed by atoms with E-state index in [1.165, 1.54) is 36.9 Å². The molecule has 1 saturated heterocycles. The molecule has 5 heteroatoms. The van der Waals surface area contributed by atoms with E-state index in [1.807, 2.05) is 6.07 Å². The summed E-state index contributed by atoms with van der Waals surface area (Å²) in [5.41, 5.74) is 2.40. The Morgan fingerprint density at radius 3 is 2.39 bits per heavy atom. The molecule has 0 bridgehead atoms. The minimum atomic E-state index is 0.129. The summed E-state index contributed by atoms with van der Waals surface area (Å²) in [7, 11) is 3.32. The van der Waals surface area contributed by atoms with Crippen LogP contribution in [0.15, 0.2) is 18.3 Å². The first-order valence-electron chi connectivity index (χ1n) is 8.33. The number of ether oxygens (including phenoxy) is 2. The van der Waals surface area contributed by atoms with Crippen LogP contribution in [-0.2, 0) is 13.0 Å². The third-order valence-corrected chi connectivity index (χ3v) is 4.71. The zero-order chi connectivity index (χ0) is 16.2. The zero-order valence-corrected chi connectivity index (χ0v) is 14.0. The Labute approximate surface area is 137 Å². The average Bonchev–Trinajstić information content (AvgIpc) is 3.20. The fraction of sp³-hybridized carbons (Fsp3) is 0.556. The van der Waals surface area contributed by atoms with Crippen molar-refractivity contribution in [3.8, 4) is 11.5 Å². The zero-order valence-electron chi connectivity index (χ0n) is 14.0. The Kier molecular flexibility index (Phi) is 5.08. The Bertz CT molecular complexity index is 660. The molecule has 1 N–H and O–H groups in total. The van der Waals surface area contributed by atoms with Gasteiger partial charge in [-0.2, -0.15) is 0 Å². The number of benzene rings is 1. The monoisotopic (exact) mass is 318 g/mol. The van der Waals surface area contributed by atoms with Gasteiger partial charge >= 0.3 is 0 Å². The fourth-order valence-electron chi connectivity index (χ4n) is 3.47. The molecule has 126 valence electrons. The molecular weight excluding hydrogens is 292 g/mol. The molecule has 0 aliphatic carbocycles. The molecule has 2 aromatic rings. The molecular formula is C18H26N2O3. The molecule has 0 atom stereocenters. The van der Waals surface area contributed by atoms with Crippen LogP contribution in [0.3, 0.4) is 0 Å². The topological polar surface area (TPSA) is 46.9 Å². The first-order chi connectivity index (χ1) is 11.3. The standard InChI is InChI=1S/C18H26N2O3/c1-22-17-11-15-14(5-8-19-6-3-4-7-19)13-20(9-10-21)16(15)12-18(17)23-2/h11-13,21H,3-10H2,1-2H3. The average molecular weight is 318 g/mol. The maximum Gasteiger partial charge on any atom is 0.162 e. The van der Waals surface area contributed by atoms with E-state index >= 15 is 0 Å². The largest absolute Gasteiger partial charge is 0.493 e. The van der Waals surface area contributed by atoms with Crippen LogP contribution in [0.5, 0.6) is 11.5 Å². The van der Waals surface area contributed by atoms with Gasteiger partial charge in [0.1, 0.15) is 0 Å². The van der Waals surface area contributed by atoms with Crippen LogP contribution in [0.1, 0.15) is 18.4 Å². The van der Waals surface area contributed by atoms with Crippen molar-refractivity contribution in [1.29, 1.82) is 0 Å². The summed E-state index contributed by atoms with van der Waals surface area (Å²) in [6.07, 6.45) is 5.81. The van der Waals surface area contributed by atoms with Crippen molar-refractivity contribution in [3.05, 3.63) is 23.9 Å². The highest BCUT2D eigenvalue weighted by molar-refractivity contribution is 5.87. The second-order valence-electron chi connectivity index (χ2n) is 6.09. The number of aliphatic hydroxyl groups excluding tert-OH is 1. The summed E-state index contributed by atoms with van der Waals surface area (Å²) in [5, 5.41) is 10.5. The number of fused-ring (bicyclic) bond motifs is 1. The van der Waals surface area contributed by atoms with Crippen LogP contribution < -0.4 is 9.47 Å². The molecule has 23 heavy (non-hydrogen) atoms. The minimum absolute atomic E-state index is 0.129. The third-order valence-electron chi connectivity index (χ3n) is 4.71. The normalized spacial score (nSPS) is 15.4. The van der Waals surface area contributed by atoms with E-state index in [0.29, 0.717) is 6.54 Å². The van der Waals surface area contributed by atoms with E-state index in [4.69, 9.17) is 9.47 Å². The number of nitrogens with zero attached hydrogens (tertiary/aromatic N) is 2. The molecule has 1 aliphatic rings. The van der Waals surface area contributed by atoms with Crippen molar-refractivity contribution >= 4 is 10.9 Å². The number of aliphatic hydroxyl groups is 1. The second kappa shape index (κ2) is 7.23. The van der Waals surface area contributed by atoms with Crippen LogP contribution >= 0.6 is 0 Å². The summed E-state index contributed by atoms with van der Waals surface area (Å²) >= 11 is 0. The Hall–Kier alpha value is -1.72. The van der Waals surface area contributed by atoms with Crippen molar-refractivity contribution in [1.82, 2.24) is 9.47 Å². The van der Waals surface area contributed by atoms with Crippen molar-refractivity contribution in [2.24, 2.45) is 0 Å². The van der Waals surface area contributed by atoms with Crippen LogP contribution in [0, 0.1) is 0 Å². The lowest BCUT2D eigenvalue weighted by Gasteiger charge is -2.14. The number of hydrogen-bond acceptors (Lipinski definition) is 4. The van der Waals surface area contributed by atoms with Crippen LogP contribution in [0.25, 0.3) is 10.9 Å². The molecule has 2 heterocycles. The summed E-state index contributed by atoms with van der Waals surface area (Å²) in [4.78, 5) is 2.52. The number of methoxy groups -OCH3 is 2. The highest BCUT2D eigenvalue weighted by atomic mass is 16.5. The third kappa shape index (κ3) is 3.31. The van der Waals surface area contributed by atoms with E-state index in [2.05, 4.69) is 21.7 Å². The van der Waals surface area contributed by atoms with Crippen molar-refractivity contribution in [3.63, 3.8) is 0 Å². The van der Waals surface area contributed by atoms with Gasteiger partial charge in [0, 0.05) is 30.7 Å². The molecule has 0 saturated carbocycles. The van der Waals surface area contributed by atoms with Gasteiger partial charge in [0.25, 0.3) is 0 Å². The SMILES string of the molecule is COc1cc2c(CCN3CCCC3)cn(CCO)c2cc1OC. The highest BCUT2D eigenvalue weighted by Crippen LogP contribution is 2.35. The van der Waals surface area contributed by atoms with Crippen molar-refractivity contribution < 1.29 is 14.6 Å². The van der Waals surface area contributed by atoms with Crippen LogP contribution in [0.2, 0.25) is 0 Å². The lowest BCUT2D eigenvalue weighted by Crippen LogP contribution is -2.21. The molecule has 1 aromatic carbocycles. The quantitative estimate of drug-likeness (QED) is 0.851. The first-order valence-corrected chi connectivity index (χ1v) is 8.33. The molecule has 5 nitrogen and oxygen atoms in total. The summed E-state index contributed by atoms with van der Waals surface area (Å²) in [5.74, 6) is 1.48. The van der Waals surface area contributed by atoms with Crippen molar-refractivity contribution in [2.75, 3.05) is 40.5 Å². The van der Waals surface area contributed by atoms with E-state index in [0.717, 1.165) is 30.0 Å². The number of aromatic nitrogens is 1. The minimum Gasteiger partial charge on any atom is -0.493 e. The van der Waals surface area contributed by atoms with E-state index < -0.39 is 0 Å². The summed E-state index contributed by atoms with van der Waals surface area (Å²) in [6, 6.07) is 4.06. The Morgan fingerprint density at radius 2 is 1.74 bits per heavy atom. The van der Waals surface area contributed by atoms with Gasteiger partial charge in [-0.15, -0.1) is 0 Å². The molecule has 1 aromatic heterocycles. The molecule has 1 aliphatic heterocycles. The lowest BCUT2D eigenvalue weighted by molar-refractivity contribution is 0.278. The van der Waals surface area contributed by atoms with Gasteiger partial charge in [-0.25, -0.2) is 0 Å². The fourth-order valence-corrected chi connectivity index (χ4v) is 3.47. The molecule has 0 unspecified atom stereocenters. The second-order valence-corrected chi connectivity index (χ2v) is 6.09. The molecule has 3 rings (SSSR count). The van der Waals surface area contributed by atoms with Gasteiger partial charge in [0.05, 0.1) is 26.3 Å². The molecule has 0 amide bonds. The van der Waals surface area contributed by atoms with Gasteiger partial charge < -0.3 is 24.0 Å². The predicted octanol–water partition coefficient (Wildman–Crippen LogP) is 2.29. The van der Waals surface area contributed by atoms with Gasteiger partial charge in [-0.3, -0.25) is 0 Å². The lowest BCUT2D eigenvalue weighted by atomic mass is 10.1. The van der Waals surface area contributed by atoms with Gasteiger partial charge in [-0.1, -0.05) is 0 Å². The summed E-state index contributed by atoms with van der Waals surface area (Å²) < 4.78 is 13.0. The number of rotatable bonds is 7. The smallest absolute Gasteiger partial charge is 0.162 e. The molecule has 1 fully saturated rings. The van der Waals surface area contributed by atoms with Crippen molar-refractivity contribution in [2.45, 2.75) is 25.8 Å². The molecule has 0 spiro atoms. The van der Waals surface area contributed by atoms with Gasteiger partial charge in [0.2, 0.25) is 0 Å². The maximum atomic E-state index is 9.33. The van der Waals surface area contributed by atoms with E-state index in [1.54, 1.807) is 14.2 Å². The Morgan fingerprint density at radius 1 is 1.04 bits per heavy atom. The van der Waals surface area contributed by atoms with Gasteiger partial charge in [-0.05, 0) is 44.0 Å². The Balaban J connectivity index is 1.94.